The van der Waals surface area contributed by atoms with E-state index in [0.29, 0.717) is 29.1 Å². The number of halogens is 1. The van der Waals surface area contributed by atoms with Gasteiger partial charge in [-0.25, -0.2) is 4.79 Å². The van der Waals surface area contributed by atoms with Gasteiger partial charge in [-0.15, -0.1) is 0 Å². The van der Waals surface area contributed by atoms with Crippen LogP contribution >= 0.6 is 11.6 Å². The Balaban J connectivity index is 2.54. The van der Waals surface area contributed by atoms with Crippen LogP contribution in [0.3, 0.4) is 0 Å². The van der Waals surface area contributed by atoms with Crippen molar-refractivity contribution in [2.45, 2.75) is 12.8 Å². The van der Waals surface area contributed by atoms with Gasteiger partial charge in [0.1, 0.15) is 0 Å². The van der Waals surface area contributed by atoms with E-state index in [1.54, 1.807) is 18.1 Å². The van der Waals surface area contributed by atoms with Crippen LogP contribution in [0.25, 0.3) is 5.70 Å². The monoisotopic (exact) mass is 336 g/mol. The standard InChI is InChI=1S/C16H17ClN2O4/c17-12-4-3-11(2-1-6-20)13(8-12)14-9-16(23)18-15(10-22)19(14)5-7-21/h3-4,8-9,20-21H,1-2,5-7H2,(H,18,23). The second-order valence-corrected chi connectivity index (χ2v) is 5.41. The van der Waals surface area contributed by atoms with Gasteiger partial charge in [0, 0.05) is 29.8 Å². The molecule has 0 atom stereocenters. The molecule has 2 rings (SSSR count). The summed E-state index contributed by atoms with van der Waals surface area (Å²) in [5, 5.41) is 21.2. The van der Waals surface area contributed by atoms with Crippen LogP contribution in [0.2, 0.25) is 5.02 Å². The lowest BCUT2D eigenvalue weighted by atomic mass is 9.98. The summed E-state index contributed by atoms with van der Waals surface area (Å²) in [6, 6.07) is 5.25. The number of hydrogen-bond donors (Lipinski definition) is 3. The Morgan fingerprint density at radius 1 is 1.26 bits per heavy atom. The molecule has 0 saturated carbocycles. The molecule has 1 aliphatic rings. The van der Waals surface area contributed by atoms with Gasteiger partial charge < -0.3 is 15.1 Å². The molecular weight excluding hydrogens is 320 g/mol. The lowest BCUT2D eigenvalue weighted by molar-refractivity contribution is -0.116. The molecule has 1 heterocycles. The molecule has 0 aromatic heterocycles. The number of nitrogens with one attached hydrogen (secondary N) is 1. The summed E-state index contributed by atoms with van der Waals surface area (Å²) < 4.78 is 0. The maximum atomic E-state index is 11.8. The molecule has 1 aliphatic heterocycles. The van der Waals surface area contributed by atoms with Crippen molar-refractivity contribution in [3.63, 3.8) is 0 Å². The molecule has 1 aromatic carbocycles. The molecule has 6 nitrogen and oxygen atoms in total. The van der Waals surface area contributed by atoms with Crippen molar-refractivity contribution in [2.75, 3.05) is 19.8 Å². The van der Waals surface area contributed by atoms with Crippen molar-refractivity contribution >= 4 is 29.1 Å². The lowest BCUT2D eigenvalue weighted by Crippen LogP contribution is -2.40. The average molecular weight is 337 g/mol. The first-order chi connectivity index (χ1) is 11.1. The minimum absolute atomic E-state index is 0.0431. The van der Waals surface area contributed by atoms with Gasteiger partial charge in [0.05, 0.1) is 12.3 Å². The molecule has 0 bridgehead atoms. The molecule has 3 N–H and O–H groups in total. The number of carbonyl (C=O) groups excluding carboxylic acids is 2. The van der Waals surface area contributed by atoms with Crippen molar-refractivity contribution in [1.29, 1.82) is 0 Å². The third-order valence-electron chi connectivity index (χ3n) is 3.44. The molecule has 1 aromatic rings. The number of carbonyl (C=O) groups is 1. The first-order valence-electron chi connectivity index (χ1n) is 7.16. The number of aryl methyl sites for hydroxylation is 1. The summed E-state index contributed by atoms with van der Waals surface area (Å²) in [4.78, 5) is 24.4. The van der Waals surface area contributed by atoms with E-state index in [0.717, 1.165) is 5.56 Å². The van der Waals surface area contributed by atoms with E-state index in [2.05, 4.69) is 5.32 Å². The van der Waals surface area contributed by atoms with Crippen molar-refractivity contribution in [1.82, 2.24) is 10.2 Å². The van der Waals surface area contributed by atoms with Crippen LogP contribution in [0.1, 0.15) is 17.5 Å². The average Bonchev–Trinajstić information content (AvgIpc) is 2.55. The van der Waals surface area contributed by atoms with E-state index in [1.807, 2.05) is 6.07 Å². The highest BCUT2D eigenvalue weighted by Crippen LogP contribution is 2.30. The normalized spacial score (nSPS) is 14.4. The highest BCUT2D eigenvalue weighted by molar-refractivity contribution is 6.30. The van der Waals surface area contributed by atoms with E-state index in [4.69, 9.17) is 16.7 Å². The van der Waals surface area contributed by atoms with Gasteiger partial charge in [-0.3, -0.25) is 10.1 Å². The van der Waals surface area contributed by atoms with Gasteiger partial charge in [-0.05, 0) is 30.5 Å². The Labute approximate surface area is 138 Å². The molecule has 7 heteroatoms. The van der Waals surface area contributed by atoms with Crippen LogP contribution in [0.4, 0.5) is 0 Å². The third kappa shape index (κ3) is 4.00. The van der Waals surface area contributed by atoms with E-state index >= 15 is 0 Å². The first-order valence-corrected chi connectivity index (χ1v) is 7.54. The van der Waals surface area contributed by atoms with Gasteiger partial charge in [0.15, 0.2) is 5.94 Å². The number of amides is 1. The Morgan fingerprint density at radius 3 is 2.70 bits per heavy atom. The maximum absolute atomic E-state index is 11.8. The van der Waals surface area contributed by atoms with Gasteiger partial charge >= 0.3 is 0 Å². The molecular formula is C16H17ClN2O4. The predicted octanol–water partition coefficient (Wildman–Crippen LogP) is 0.703. The smallest absolute Gasteiger partial charge is 0.252 e. The van der Waals surface area contributed by atoms with Crippen molar-refractivity contribution in [3.05, 3.63) is 46.2 Å². The Hall–Kier alpha value is -2.11. The molecule has 23 heavy (non-hydrogen) atoms. The molecule has 0 saturated heterocycles. The largest absolute Gasteiger partial charge is 0.396 e. The first kappa shape index (κ1) is 17.2. The Bertz CT molecular complexity index is 681. The molecule has 122 valence electrons. The number of nitrogens with zero attached hydrogens (tertiary/aromatic N) is 1. The maximum Gasteiger partial charge on any atom is 0.252 e. The molecule has 0 aliphatic carbocycles. The second-order valence-electron chi connectivity index (χ2n) is 4.97. The van der Waals surface area contributed by atoms with Crippen molar-refractivity contribution < 1.29 is 19.8 Å². The number of aliphatic hydroxyl groups excluding tert-OH is 2. The Kier molecular flexibility index (Phi) is 5.96. The summed E-state index contributed by atoms with van der Waals surface area (Å²) in [6.45, 7) is -0.0327. The number of rotatable bonds is 6. The van der Waals surface area contributed by atoms with Crippen LogP contribution in [0.5, 0.6) is 0 Å². The number of β-amino-alcohol motifs (C(OH)–C–C–N with tert-alkyl or cyclic N) is 1. The topological polar surface area (TPSA) is 89.9 Å². The lowest BCUT2D eigenvalue weighted by Gasteiger charge is -2.31. The van der Waals surface area contributed by atoms with Crippen molar-refractivity contribution in [2.24, 2.45) is 0 Å². The fourth-order valence-electron chi connectivity index (χ4n) is 2.45. The molecule has 0 fully saturated rings. The molecule has 0 spiro atoms. The van der Waals surface area contributed by atoms with Gasteiger partial charge in [0.25, 0.3) is 5.91 Å². The summed E-state index contributed by atoms with van der Waals surface area (Å²) in [6.07, 6.45) is 2.50. The van der Waals surface area contributed by atoms with E-state index in [-0.39, 0.29) is 25.6 Å². The zero-order valence-corrected chi connectivity index (χ0v) is 13.1. The summed E-state index contributed by atoms with van der Waals surface area (Å²) in [5.74, 6) is 1.19. The second kappa shape index (κ2) is 7.94. The van der Waals surface area contributed by atoms with Gasteiger partial charge in [-0.2, -0.15) is 0 Å². The summed E-state index contributed by atoms with van der Waals surface area (Å²) in [5.41, 5.74) is 2.04. The van der Waals surface area contributed by atoms with Gasteiger partial charge in [0.2, 0.25) is 5.82 Å². The van der Waals surface area contributed by atoms with E-state index in [1.165, 1.54) is 11.0 Å². The fraction of sp³-hybridized carbons (Fsp3) is 0.312. The van der Waals surface area contributed by atoms with Crippen LogP contribution < -0.4 is 5.32 Å². The quantitative estimate of drug-likeness (QED) is 0.665. The van der Waals surface area contributed by atoms with E-state index in [9.17, 15) is 14.7 Å². The third-order valence-corrected chi connectivity index (χ3v) is 3.68. The zero-order valence-electron chi connectivity index (χ0n) is 12.4. The zero-order chi connectivity index (χ0) is 16.8. The number of hydrogen-bond acceptors (Lipinski definition) is 5. The number of aliphatic hydroxyl groups is 2. The van der Waals surface area contributed by atoms with Crippen molar-refractivity contribution in [3.8, 4) is 0 Å². The highest BCUT2D eigenvalue weighted by Gasteiger charge is 2.25. The summed E-state index contributed by atoms with van der Waals surface area (Å²) in [7, 11) is 0. The van der Waals surface area contributed by atoms with E-state index < -0.39 is 5.91 Å². The predicted molar refractivity (Wildman–Crippen MR) is 86.0 cm³/mol. The molecule has 1 amide bonds. The van der Waals surface area contributed by atoms with Crippen LogP contribution in [-0.4, -0.2) is 46.7 Å². The van der Waals surface area contributed by atoms with Crippen LogP contribution in [0.15, 0.2) is 30.1 Å². The highest BCUT2D eigenvalue weighted by atomic mass is 35.5. The van der Waals surface area contributed by atoms with Crippen LogP contribution in [-0.2, 0) is 16.0 Å². The SMILES string of the molecule is O=C=C1NC(=O)C=C(c2cc(Cl)ccc2CCCO)N1CCO. The minimum atomic E-state index is -0.444. The minimum Gasteiger partial charge on any atom is -0.396 e. The molecule has 0 unspecified atom stereocenters. The van der Waals surface area contributed by atoms with Gasteiger partial charge in [-0.1, -0.05) is 17.7 Å². The fourth-order valence-corrected chi connectivity index (χ4v) is 2.63. The van der Waals surface area contributed by atoms with Crippen LogP contribution in [0, 0.1) is 0 Å². The molecule has 0 radical (unpaired) electrons. The Morgan fingerprint density at radius 2 is 2.04 bits per heavy atom. The number of benzene rings is 1. The summed E-state index contributed by atoms with van der Waals surface area (Å²) >= 11 is 6.07.